The van der Waals surface area contributed by atoms with Crippen molar-refractivity contribution in [3.05, 3.63) is 29.3 Å². The van der Waals surface area contributed by atoms with Crippen LogP contribution in [0.25, 0.3) is 0 Å². The average molecular weight is 244 g/mol. The van der Waals surface area contributed by atoms with Crippen LogP contribution in [0.4, 0.5) is 0 Å². The molecule has 0 amide bonds. The van der Waals surface area contributed by atoms with Crippen molar-refractivity contribution in [1.82, 2.24) is 5.32 Å². The fourth-order valence-corrected chi connectivity index (χ4v) is 1.43. The van der Waals surface area contributed by atoms with E-state index in [2.05, 4.69) is 5.32 Å². The van der Waals surface area contributed by atoms with Crippen molar-refractivity contribution in [2.45, 2.75) is 12.5 Å². The van der Waals surface area contributed by atoms with Crippen LogP contribution >= 0.6 is 11.6 Å². The summed E-state index contributed by atoms with van der Waals surface area (Å²) in [6.07, 6.45) is 0.386. The van der Waals surface area contributed by atoms with Crippen molar-refractivity contribution < 1.29 is 14.6 Å². The Hall–Kier alpha value is -1.26. The highest BCUT2D eigenvalue weighted by Crippen LogP contribution is 2.23. The molecule has 0 aliphatic rings. The SMILES string of the molecule is CNC(CCOc1ccccc1Cl)C(=O)O. The zero-order chi connectivity index (χ0) is 12.0. The maximum absolute atomic E-state index is 10.7. The maximum atomic E-state index is 10.7. The second kappa shape index (κ2) is 6.35. The van der Waals surface area contributed by atoms with E-state index < -0.39 is 12.0 Å². The van der Waals surface area contributed by atoms with E-state index in [0.717, 1.165) is 0 Å². The molecule has 0 radical (unpaired) electrons. The first-order chi connectivity index (χ1) is 7.65. The summed E-state index contributed by atoms with van der Waals surface area (Å²) in [6.45, 7) is 0.307. The molecule has 1 aromatic rings. The van der Waals surface area contributed by atoms with Gasteiger partial charge in [-0.1, -0.05) is 23.7 Å². The van der Waals surface area contributed by atoms with Gasteiger partial charge in [0.1, 0.15) is 11.8 Å². The van der Waals surface area contributed by atoms with Crippen LogP contribution in [-0.2, 0) is 4.79 Å². The molecular formula is C11H14ClNO3. The van der Waals surface area contributed by atoms with E-state index in [4.69, 9.17) is 21.4 Å². The number of nitrogens with one attached hydrogen (secondary N) is 1. The maximum Gasteiger partial charge on any atom is 0.320 e. The molecule has 0 spiro atoms. The van der Waals surface area contributed by atoms with Crippen LogP contribution in [0.5, 0.6) is 5.75 Å². The van der Waals surface area contributed by atoms with Crippen molar-refractivity contribution in [3.63, 3.8) is 0 Å². The summed E-state index contributed by atoms with van der Waals surface area (Å²) in [6, 6.07) is 6.50. The van der Waals surface area contributed by atoms with Crippen LogP contribution in [0, 0.1) is 0 Å². The highest BCUT2D eigenvalue weighted by molar-refractivity contribution is 6.32. The Morgan fingerprint density at radius 2 is 2.25 bits per heavy atom. The standard InChI is InChI=1S/C11H14ClNO3/c1-13-9(11(14)15)6-7-16-10-5-3-2-4-8(10)12/h2-5,9,13H,6-7H2,1H3,(H,14,15). The summed E-state index contributed by atoms with van der Waals surface area (Å²) in [5.74, 6) is -0.310. The smallest absolute Gasteiger partial charge is 0.320 e. The summed E-state index contributed by atoms with van der Waals surface area (Å²) in [4.78, 5) is 10.7. The van der Waals surface area contributed by atoms with Gasteiger partial charge in [0, 0.05) is 6.42 Å². The zero-order valence-electron chi connectivity index (χ0n) is 8.94. The molecule has 4 nitrogen and oxygen atoms in total. The van der Waals surface area contributed by atoms with Gasteiger partial charge in [-0.3, -0.25) is 4.79 Å². The molecule has 0 saturated carbocycles. The fraction of sp³-hybridized carbons (Fsp3) is 0.364. The molecule has 5 heteroatoms. The van der Waals surface area contributed by atoms with Crippen molar-refractivity contribution in [2.24, 2.45) is 0 Å². The quantitative estimate of drug-likeness (QED) is 0.800. The third kappa shape index (κ3) is 3.72. The summed E-state index contributed by atoms with van der Waals surface area (Å²) >= 11 is 5.88. The Balaban J connectivity index is 2.41. The number of para-hydroxylation sites is 1. The van der Waals surface area contributed by atoms with Gasteiger partial charge in [0.05, 0.1) is 11.6 Å². The first kappa shape index (κ1) is 12.8. The molecule has 0 heterocycles. The van der Waals surface area contributed by atoms with Crippen molar-refractivity contribution in [3.8, 4) is 5.75 Å². The molecule has 0 aliphatic heterocycles. The van der Waals surface area contributed by atoms with Gasteiger partial charge >= 0.3 is 5.97 Å². The molecule has 1 aromatic carbocycles. The van der Waals surface area contributed by atoms with E-state index in [0.29, 0.717) is 23.8 Å². The average Bonchev–Trinajstić information content (AvgIpc) is 2.26. The topological polar surface area (TPSA) is 58.6 Å². The van der Waals surface area contributed by atoms with Crippen LogP contribution < -0.4 is 10.1 Å². The monoisotopic (exact) mass is 243 g/mol. The molecule has 2 N–H and O–H groups in total. The molecule has 0 fully saturated rings. The summed E-state index contributed by atoms with van der Waals surface area (Å²) < 4.78 is 5.38. The molecule has 1 rings (SSSR count). The number of rotatable bonds is 6. The minimum atomic E-state index is -0.884. The van der Waals surface area contributed by atoms with Gasteiger partial charge < -0.3 is 15.2 Å². The lowest BCUT2D eigenvalue weighted by Gasteiger charge is -2.12. The van der Waals surface area contributed by atoms with Crippen LogP contribution in [0.15, 0.2) is 24.3 Å². The Kier molecular flexibility index (Phi) is 5.08. The molecular weight excluding hydrogens is 230 g/mol. The lowest BCUT2D eigenvalue weighted by molar-refractivity contribution is -0.139. The summed E-state index contributed by atoms with van der Waals surface area (Å²) in [5.41, 5.74) is 0. The number of carboxylic acids is 1. The molecule has 16 heavy (non-hydrogen) atoms. The van der Waals surface area contributed by atoms with Gasteiger partial charge in [-0.15, -0.1) is 0 Å². The third-order valence-corrected chi connectivity index (χ3v) is 2.46. The first-order valence-electron chi connectivity index (χ1n) is 4.92. The molecule has 0 saturated heterocycles. The molecule has 0 bridgehead atoms. The van der Waals surface area contributed by atoms with E-state index in [-0.39, 0.29) is 0 Å². The van der Waals surface area contributed by atoms with Crippen molar-refractivity contribution in [1.29, 1.82) is 0 Å². The predicted octanol–water partition coefficient (Wildman–Crippen LogP) is 1.78. The molecule has 88 valence electrons. The molecule has 1 unspecified atom stereocenters. The highest BCUT2D eigenvalue weighted by Gasteiger charge is 2.14. The van der Waals surface area contributed by atoms with Crippen LogP contribution in [0.3, 0.4) is 0 Å². The van der Waals surface area contributed by atoms with Gasteiger partial charge in [-0.05, 0) is 19.2 Å². The second-order valence-corrected chi connectivity index (χ2v) is 3.65. The summed E-state index contributed by atoms with van der Waals surface area (Å²) in [5, 5.41) is 12.0. The van der Waals surface area contributed by atoms with Gasteiger partial charge in [0.25, 0.3) is 0 Å². The van der Waals surface area contributed by atoms with Crippen molar-refractivity contribution in [2.75, 3.05) is 13.7 Å². The van der Waals surface area contributed by atoms with E-state index in [9.17, 15) is 4.79 Å². The van der Waals surface area contributed by atoms with E-state index in [1.807, 2.05) is 12.1 Å². The van der Waals surface area contributed by atoms with E-state index >= 15 is 0 Å². The van der Waals surface area contributed by atoms with Crippen LogP contribution in [0.1, 0.15) is 6.42 Å². The van der Waals surface area contributed by atoms with E-state index in [1.165, 1.54) is 0 Å². The number of likely N-dealkylation sites (N-methyl/N-ethyl adjacent to an activating group) is 1. The van der Waals surface area contributed by atoms with Gasteiger partial charge in [-0.25, -0.2) is 0 Å². The number of benzene rings is 1. The fourth-order valence-electron chi connectivity index (χ4n) is 1.24. The molecule has 1 atom stereocenters. The number of aliphatic carboxylic acids is 1. The minimum absolute atomic E-state index is 0.307. The normalized spacial score (nSPS) is 12.1. The molecule has 0 aromatic heterocycles. The van der Waals surface area contributed by atoms with Gasteiger partial charge in [0.2, 0.25) is 0 Å². The zero-order valence-corrected chi connectivity index (χ0v) is 9.70. The number of hydrogen-bond acceptors (Lipinski definition) is 3. The van der Waals surface area contributed by atoms with Crippen LogP contribution in [0.2, 0.25) is 5.02 Å². The Morgan fingerprint density at radius 1 is 1.56 bits per heavy atom. The van der Waals surface area contributed by atoms with Gasteiger partial charge in [-0.2, -0.15) is 0 Å². The van der Waals surface area contributed by atoms with E-state index in [1.54, 1.807) is 19.2 Å². The number of carbonyl (C=O) groups is 1. The lowest BCUT2D eigenvalue weighted by atomic mass is 10.2. The Labute approximate surface area is 99.2 Å². The first-order valence-corrected chi connectivity index (χ1v) is 5.30. The number of hydrogen-bond donors (Lipinski definition) is 2. The highest BCUT2D eigenvalue weighted by atomic mass is 35.5. The third-order valence-electron chi connectivity index (χ3n) is 2.15. The largest absolute Gasteiger partial charge is 0.492 e. The van der Waals surface area contributed by atoms with Crippen LogP contribution in [-0.4, -0.2) is 30.8 Å². The Bertz CT molecular complexity index is 357. The summed E-state index contributed by atoms with van der Waals surface area (Å²) in [7, 11) is 1.61. The number of halogens is 1. The minimum Gasteiger partial charge on any atom is -0.492 e. The van der Waals surface area contributed by atoms with Crippen molar-refractivity contribution >= 4 is 17.6 Å². The molecule has 0 aliphatic carbocycles. The second-order valence-electron chi connectivity index (χ2n) is 3.25. The number of ether oxygens (including phenoxy) is 1. The number of carboxylic acid groups (broad SMARTS) is 1. The van der Waals surface area contributed by atoms with Gasteiger partial charge in [0.15, 0.2) is 0 Å². The lowest BCUT2D eigenvalue weighted by Crippen LogP contribution is -2.35. The Morgan fingerprint density at radius 3 is 2.81 bits per heavy atom. The predicted molar refractivity (Wildman–Crippen MR) is 62.0 cm³/mol.